The van der Waals surface area contributed by atoms with Crippen LogP contribution in [0.5, 0.6) is 0 Å². The average Bonchev–Trinajstić information content (AvgIpc) is 3.38. The van der Waals surface area contributed by atoms with E-state index < -0.39 is 0 Å². The van der Waals surface area contributed by atoms with Crippen LogP contribution in [0.4, 0.5) is 10.1 Å². The molecular weight excluding hydrogens is 453 g/mol. The minimum Gasteiger partial charge on any atom is -0.363 e. The van der Waals surface area contributed by atoms with Crippen molar-refractivity contribution in [3.63, 3.8) is 0 Å². The van der Waals surface area contributed by atoms with Crippen LogP contribution in [0.3, 0.4) is 0 Å². The van der Waals surface area contributed by atoms with Gasteiger partial charge < -0.3 is 4.90 Å². The first kappa shape index (κ1) is 22.5. The van der Waals surface area contributed by atoms with Gasteiger partial charge in [0, 0.05) is 56.5 Å². The minimum absolute atomic E-state index is 0.0839. The Bertz CT molecular complexity index is 1500. The normalized spacial score (nSPS) is 18.0. The van der Waals surface area contributed by atoms with Crippen molar-refractivity contribution in [2.45, 2.75) is 39.3 Å². The molecular formula is C24H26FN7OS. The van der Waals surface area contributed by atoms with Crippen LogP contribution in [-0.2, 0) is 13.5 Å². The largest absolute Gasteiger partial charge is 0.363 e. The van der Waals surface area contributed by atoms with E-state index in [9.17, 15) is 9.18 Å². The Hall–Kier alpha value is -3.29. The first-order chi connectivity index (χ1) is 16.3. The van der Waals surface area contributed by atoms with Crippen molar-refractivity contribution < 1.29 is 4.39 Å². The number of nitrogens with zero attached hydrogens (tertiary/aromatic N) is 7. The zero-order valence-electron chi connectivity index (χ0n) is 19.6. The van der Waals surface area contributed by atoms with E-state index in [1.54, 1.807) is 35.2 Å². The van der Waals surface area contributed by atoms with Gasteiger partial charge in [0.2, 0.25) is 0 Å². The maximum Gasteiger partial charge on any atom is 0.267 e. The van der Waals surface area contributed by atoms with Gasteiger partial charge in [-0.3, -0.25) is 9.69 Å². The molecule has 176 valence electrons. The highest BCUT2D eigenvalue weighted by atomic mass is 32.1. The van der Waals surface area contributed by atoms with E-state index in [1.807, 2.05) is 19.9 Å². The number of benzene rings is 1. The van der Waals surface area contributed by atoms with E-state index in [0.717, 1.165) is 21.9 Å². The number of fused-ring (bicyclic) bond motifs is 2. The van der Waals surface area contributed by atoms with Gasteiger partial charge in [-0.05, 0) is 26.8 Å². The van der Waals surface area contributed by atoms with Crippen LogP contribution in [0.15, 0.2) is 29.2 Å². The second-order valence-electron chi connectivity index (χ2n) is 8.91. The van der Waals surface area contributed by atoms with Crippen LogP contribution in [0, 0.1) is 24.1 Å². The molecule has 34 heavy (non-hydrogen) atoms. The Balaban J connectivity index is 1.43. The Kier molecular flexibility index (Phi) is 5.62. The molecule has 1 aromatic carbocycles. The summed E-state index contributed by atoms with van der Waals surface area (Å²) in [5.41, 5.74) is 3.31. The van der Waals surface area contributed by atoms with Gasteiger partial charge in [-0.25, -0.2) is 23.6 Å². The highest BCUT2D eigenvalue weighted by Gasteiger charge is 2.30. The predicted octanol–water partition coefficient (Wildman–Crippen LogP) is 3.43. The van der Waals surface area contributed by atoms with Gasteiger partial charge in [0.05, 0.1) is 45.3 Å². The van der Waals surface area contributed by atoms with Gasteiger partial charge in [0.25, 0.3) is 5.56 Å². The van der Waals surface area contributed by atoms with Gasteiger partial charge in [0.15, 0.2) is 5.65 Å². The summed E-state index contributed by atoms with van der Waals surface area (Å²) in [6.45, 7) is 8.20. The van der Waals surface area contributed by atoms with Crippen molar-refractivity contribution in [3.05, 3.63) is 56.8 Å². The van der Waals surface area contributed by atoms with Gasteiger partial charge in [0.1, 0.15) is 5.82 Å². The Morgan fingerprint density at radius 2 is 2.09 bits per heavy atom. The first-order valence-corrected chi connectivity index (χ1v) is 12.1. The number of hydrogen-bond acceptors (Lipinski definition) is 7. The number of nitriles is 1. The summed E-state index contributed by atoms with van der Waals surface area (Å²) in [6, 6.07) is 7.21. The molecule has 1 saturated heterocycles. The topological polar surface area (TPSA) is 82.5 Å². The molecule has 0 bridgehead atoms. The number of piperazine rings is 1. The van der Waals surface area contributed by atoms with Crippen molar-refractivity contribution >= 4 is 32.9 Å². The number of hydrogen-bond donors (Lipinski definition) is 0. The molecule has 2 atom stereocenters. The molecule has 2 unspecified atom stereocenters. The SMILES string of the molecule is Cc1nc2cc(F)c(C(C)N3CCN(c4cc(=O)n(C)n5cc(CC#N)nc45)C(C)C3)cc2s1. The fourth-order valence-corrected chi connectivity index (χ4v) is 5.73. The summed E-state index contributed by atoms with van der Waals surface area (Å²) in [7, 11) is 1.69. The second-order valence-corrected chi connectivity index (χ2v) is 10.1. The Morgan fingerprint density at radius 1 is 1.29 bits per heavy atom. The summed E-state index contributed by atoms with van der Waals surface area (Å²) in [4.78, 5) is 26.1. The maximum absolute atomic E-state index is 15.0. The second kappa shape index (κ2) is 8.49. The number of aromatic nitrogens is 4. The smallest absolute Gasteiger partial charge is 0.267 e. The number of anilines is 1. The van der Waals surface area contributed by atoms with Gasteiger partial charge in [-0.15, -0.1) is 11.3 Å². The van der Waals surface area contributed by atoms with Crippen molar-refractivity contribution in [3.8, 4) is 6.07 Å². The molecule has 0 radical (unpaired) electrons. The zero-order chi connectivity index (χ0) is 24.1. The lowest BCUT2D eigenvalue weighted by atomic mass is 10.0. The molecule has 10 heteroatoms. The van der Waals surface area contributed by atoms with Crippen molar-refractivity contribution in [1.82, 2.24) is 24.1 Å². The van der Waals surface area contributed by atoms with E-state index in [4.69, 9.17) is 5.26 Å². The van der Waals surface area contributed by atoms with Gasteiger partial charge >= 0.3 is 0 Å². The molecule has 8 nitrogen and oxygen atoms in total. The molecule has 3 aromatic heterocycles. The summed E-state index contributed by atoms with van der Waals surface area (Å²) in [5, 5.41) is 10.00. The standard InChI is InChI=1S/C24H26FN7OS/c1-14-12-30(15(2)18-9-22-20(10-19(18)25)27-16(3)34-22)7-8-31(14)21-11-23(33)29(4)32-13-17(5-6-26)28-24(21)32/h9-11,13-15H,5,7-8,12H2,1-4H3. The molecule has 0 amide bonds. The molecule has 4 heterocycles. The molecule has 0 spiro atoms. The Morgan fingerprint density at radius 3 is 2.82 bits per heavy atom. The molecule has 0 N–H and O–H groups in total. The highest BCUT2D eigenvalue weighted by Crippen LogP contribution is 2.32. The highest BCUT2D eigenvalue weighted by molar-refractivity contribution is 7.18. The fraction of sp³-hybridized carbons (Fsp3) is 0.417. The van der Waals surface area contributed by atoms with Crippen LogP contribution >= 0.6 is 11.3 Å². The van der Waals surface area contributed by atoms with Crippen LogP contribution in [0.25, 0.3) is 15.9 Å². The summed E-state index contributed by atoms with van der Waals surface area (Å²) in [5.74, 6) is -0.226. The van der Waals surface area contributed by atoms with Crippen molar-refractivity contribution in [2.24, 2.45) is 7.05 Å². The molecule has 1 aliphatic heterocycles. The lowest BCUT2D eigenvalue weighted by Crippen LogP contribution is -2.53. The third-order valence-corrected chi connectivity index (χ3v) is 7.64. The number of aryl methyl sites for hydroxylation is 2. The van der Waals surface area contributed by atoms with Crippen molar-refractivity contribution in [1.29, 1.82) is 5.26 Å². The zero-order valence-corrected chi connectivity index (χ0v) is 20.4. The average molecular weight is 480 g/mol. The van der Waals surface area contributed by atoms with E-state index in [-0.39, 0.29) is 29.9 Å². The van der Waals surface area contributed by atoms with Crippen LogP contribution in [-0.4, -0.2) is 49.7 Å². The number of halogens is 1. The molecule has 0 saturated carbocycles. The quantitative estimate of drug-likeness (QED) is 0.446. The third-order valence-electron chi connectivity index (χ3n) is 6.71. The van der Waals surface area contributed by atoms with Crippen LogP contribution in [0.2, 0.25) is 0 Å². The van der Waals surface area contributed by atoms with E-state index in [0.29, 0.717) is 35.5 Å². The molecule has 0 aliphatic carbocycles. The number of rotatable bonds is 4. The summed E-state index contributed by atoms with van der Waals surface area (Å²) in [6.07, 6.45) is 1.93. The van der Waals surface area contributed by atoms with Crippen LogP contribution in [0.1, 0.15) is 36.2 Å². The van der Waals surface area contributed by atoms with E-state index in [2.05, 4.69) is 32.8 Å². The first-order valence-electron chi connectivity index (χ1n) is 11.3. The Labute approximate surface area is 200 Å². The van der Waals surface area contributed by atoms with E-state index >= 15 is 0 Å². The van der Waals surface area contributed by atoms with Crippen LogP contribution < -0.4 is 10.5 Å². The van der Waals surface area contributed by atoms with Crippen molar-refractivity contribution in [2.75, 3.05) is 24.5 Å². The third kappa shape index (κ3) is 3.75. The lowest BCUT2D eigenvalue weighted by molar-refractivity contribution is 0.173. The minimum atomic E-state index is -0.226. The predicted molar refractivity (Wildman–Crippen MR) is 131 cm³/mol. The molecule has 5 rings (SSSR count). The maximum atomic E-state index is 15.0. The number of thiazole rings is 1. The molecule has 4 aromatic rings. The molecule has 1 fully saturated rings. The van der Waals surface area contributed by atoms with E-state index in [1.165, 1.54) is 10.7 Å². The fourth-order valence-electron chi connectivity index (χ4n) is 4.87. The van der Waals surface area contributed by atoms with Gasteiger partial charge in [-0.1, -0.05) is 0 Å². The lowest BCUT2D eigenvalue weighted by Gasteiger charge is -2.43. The summed E-state index contributed by atoms with van der Waals surface area (Å²) < 4.78 is 19.2. The molecule has 1 aliphatic rings. The monoisotopic (exact) mass is 479 g/mol. The number of imidazole rings is 1. The van der Waals surface area contributed by atoms with Gasteiger partial charge in [-0.2, -0.15) is 5.26 Å². The summed E-state index contributed by atoms with van der Waals surface area (Å²) >= 11 is 1.58.